The molecule has 2 unspecified atom stereocenters. The van der Waals surface area contributed by atoms with Crippen molar-refractivity contribution in [3.63, 3.8) is 0 Å². The SMILES string of the molecule is CC1CC(Nc2ccc([N+](=O)[O-])c(S(C)(=O)=O)c2)CCN1Cc1ccccc1. The van der Waals surface area contributed by atoms with E-state index in [9.17, 15) is 18.5 Å². The number of hydrogen-bond donors (Lipinski definition) is 1. The summed E-state index contributed by atoms with van der Waals surface area (Å²) in [5.41, 5.74) is 1.49. The third-order valence-electron chi connectivity index (χ3n) is 5.17. The number of likely N-dealkylation sites (tertiary alicyclic amines) is 1. The molecule has 0 spiro atoms. The summed E-state index contributed by atoms with van der Waals surface area (Å²) in [5.74, 6) is 0. The Morgan fingerprint density at radius 1 is 1.21 bits per heavy atom. The van der Waals surface area contributed by atoms with Crippen LogP contribution in [0, 0.1) is 10.1 Å². The van der Waals surface area contributed by atoms with Crippen molar-refractivity contribution in [2.75, 3.05) is 18.1 Å². The lowest BCUT2D eigenvalue weighted by Crippen LogP contribution is -2.44. The van der Waals surface area contributed by atoms with Crippen LogP contribution in [0.15, 0.2) is 53.4 Å². The van der Waals surface area contributed by atoms with E-state index in [-0.39, 0.29) is 16.6 Å². The molecule has 2 aromatic carbocycles. The molecule has 1 N–H and O–H groups in total. The first kappa shape index (κ1) is 20.3. The highest BCUT2D eigenvalue weighted by Gasteiger charge is 2.27. The van der Waals surface area contributed by atoms with Gasteiger partial charge in [0.25, 0.3) is 5.69 Å². The summed E-state index contributed by atoms with van der Waals surface area (Å²) in [6, 6.07) is 15.1. The molecule has 1 heterocycles. The zero-order valence-corrected chi connectivity index (χ0v) is 16.9. The third-order valence-corrected chi connectivity index (χ3v) is 6.29. The Kier molecular flexibility index (Phi) is 6.00. The number of anilines is 1. The molecular weight excluding hydrogens is 378 g/mol. The number of nitrogens with zero attached hydrogens (tertiary/aromatic N) is 2. The first-order chi connectivity index (χ1) is 13.2. The van der Waals surface area contributed by atoms with Crippen LogP contribution in [0.4, 0.5) is 11.4 Å². The van der Waals surface area contributed by atoms with Crippen LogP contribution >= 0.6 is 0 Å². The van der Waals surface area contributed by atoms with Gasteiger partial charge in [0, 0.05) is 43.2 Å². The number of nitrogens with one attached hydrogen (secondary N) is 1. The molecule has 2 aromatic rings. The first-order valence-corrected chi connectivity index (χ1v) is 11.2. The number of benzene rings is 2. The summed E-state index contributed by atoms with van der Waals surface area (Å²) in [4.78, 5) is 12.6. The topological polar surface area (TPSA) is 92.5 Å². The average molecular weight is 404 g/mol. The van der Waals surface area contributed by atoms with E-state index in [0.29, 0.717) is 11.7 Å². The fraction of sp³-hybridized carbons (Fsp3) is 0.400. The van der Waals surface area contributed by atoms with Gasteiger partial charge in [-0.1, -0.05) is 30.3 Å². The minimum Gasteiger partial charge on any atom is -0.382 e. The number of piperidine rings is 1. The van der Waals surface area contributed by atoms with E-state index < -0.39 is 14.8 Å². The molecule has 150 valence electrons. The summed E-state index contributed by atoms with van der Waals surface area (Å²) in [7, 11) is -3.69. The lowest BCUT2D eigenvalue weighted by Gasteiger charge is -2.38. The van der Waals surface area contributed by atoms with E-state index in [0.717, 1.165) is 32.2 Å². The van der Waals surface area contributed by atoms with E-state index >= 15 is 0 Å². The summed E-state index contributed by atoms with van der Waals surface area (Å²) >= 11 is 0. The molecule has 0 aromatic heterocycles. The molecule has 1 aliphatic rings. The summed E-state index contributed by atoms with van der Waals surface area (Å²) < 4.78 is 23.9. The third kappa shape index (κ3) is 4.88. The molecule has 0 amide bonds. The smallest absolute Gasteiger partial charge is 0.288 e. The van der Waals surface area contributed by atoms with Gasteiger partial charge in [0.2, 0.25) is 0 Å². The molecule has 28 heavy (non-hydrogen) atoms. The predicted molar refractivity (Wildman–Crippen MR) is 109 cm³/mol. The second kappa shape index (κ2) is 8.28. The largest absolute Gasteiger partial charge is 0.382 e. The van der Waals surface area contributed by atoms with Crippen molar-refractivity contribution < 1.29 is 13.3 Å². The van der Waals surface area contributed by atoms with Crippen molar-refractivity contribution >= 4 is 21.2 Å². The molecule has 7 nitrogen and oxygen atoms in total. The van der Waals surface area contributed by atoms with E-state index in [4.69, 9.17) is 0 Å². The molecule has 1 fully saturated rings. The van der Waals surface area contributed by atoms with Crippen LogP contribution in [0.2, 0.25) is 0 Å². The number of nitro benzene ring substituents is 1. The number of hydrogen-bond acceptors (Lipinski definition) is 6. The number of rotatable bonds is 6. The minimum absolute atomic E-state index is 0.191. The average Bonchev–Trinajstić information content (AvgIpc) is 2.64. The standard InChI is InChI=1S/C20H25N3O4S/c1-15-12-18(10-11-22(15)14-16-6-4-3-5-7-16)21-17-8-9-19(23(24)25)20(13-17)28(2,26)27/h3-9,13,15,18,21H,10-12,14H2,1-2H3. The van der Waals surface area contributed by atoms with Gasteiger partial charge in [-0.2, -0.15) is 0 Å². The van der Waals surface area contributed by atoms with Gasteiger partial charge >= 0.3 is 0 Å². The molecule has 0 bridgehead atoms. The Hall–Kier alpha value is -2.45. The molecule has 1 saturated heterocycles. The zero-order valence-electron chi connectivity index (χ0n) is 16.0. The first-order valence-electron chi connectivity index (χ1n) is 9.27. The second-order valence-corrected chi connectivity index (χ2v) is 9.37. The maximum atomic E-state index is 11.9. The normalized spacial score (nSPS) is 20.6. The maximum absolute atomic E-state index is 11.9. The van der Waals surface area contributed by atoms with E-state index in [1.165, 1.54) is 17.7 Å². The van der Waals surface area contributed by atoms with Crippen molar-refractivity contribution in [3.05, 3.63) is 64.2 Å². The van der Waals surface area contributed by atoms with Crippen molar-refractivity contribution in [2.24, 2.45) is 0 Å². The van der Waals surface area contributed by atoms with Crippen molar-refractivity contribution in [3.8, 4) is 0 Å². The highest BCUT2D eigenvalue weighted by Crippen LogP contribution is 2.29. The summed E-state index contributed by atoms with van der Waals surface area (Å²) in [6.07, 6.45) is 2.82. The Bertz CT molecular complexity index is 947. The van der Waals surface area contributed by atoms with Gasteiger partial charge in [0.1, 0.15) is 4.90 Å². The van der Waals surface area contributed by atoms with Crippen molar-refractivity contribution in [1.82, 2.24) is 4.90 Å². The van der Waals surface area contributed by atoms with Crippen LogP contribution in [0.5, 0.6) is 0 Å². The van der Waals surface area contributed by atoms with Gasteiger partial charge in [-0.25, -0.2) is 8.42 Å². The number of nitro groups is 1. The van der Waals surface area contributed by atoms with Gasteiger partial charge in [-0.05, 0) is 37.5 Å². The Labute approximate surface area is 165 Å². The van der Waals surface area contributed by atoms with E-state index in [2.05, 4.69) is 29.3 Å². The van der Waals surface area contributed by atoms with E-state index in [1.54, 1.807) is 6.07 Å². The van der Waals surface area contributed by atoms with Gasteiger partial charge < -0.3 is 5.32 Å². The number of sulfone groups is 1. The lowest BCUT2D eigenvalue weighted by atomic mass is 9.97. The zero-order chi connectivity index (χ0) is 20.3. The monoisotopic (exact) mass is 403 g/mol. The minimum atomic E-state index is -3.69. The molecule has 8 heteroatoms. The van der Waals surface area contributed by atoms with Crippen LogP contribution in [0.25, 0.3) is 0 Å². The fourth-order valence-corrected chi connectivity index (χ4v) is 4.56. The Morgan fingerprint density at radius 3 is 2.54 bits per heavy atom. The van der Waals surface area contributed by atoms with Gasteiger partial charge in [-0.15, -0.1) is 0 Å². The molecule has 2 atom stereocenters. The van der Waals surface area contributed by atoms with E-state index in [1.807, 2.05) is 18.2 Å². The maximum Gasteiger partial charge on any atom is 0.288 e. The Balaban J connectivity index is 1.68. The van der Waals surface area contributed by atoms with Gasteiger partial charge in [0.05, 0.1) is 4.92 Å². The van der Waals surface area contributed by atoms with Gasteiger partial charge in [0.15, 0.2) is 9.84 Å². The predicted octanol–water partition coefficient (Wildman–Crippen LogP) is 3.46. The molecule has 3 rings (SSSR count). The molecule has 0 radical (unpaired) electrons. The fourth-order valence-electron chi connectivity index (χ4n) is 3.69. The Morgan fingerprint density at radius 2 is 1.93 bits per heavy atom. The van der Waals surface area contributed by atoms with Crippen LogP contribution in [0.1, 0.15) is 25.3 Å². The molecule has 0 aliphatic carbocycles. The van der Waals surface area contributed by atoms with Crippen LogP contribution in [-0.2, 0) is 16.4 Å². The summed E-state index contributed by atoms with van der Waals surface area (Å²) in [5, 5.41) is 14.5. The molecular formula is C20H25N3O4S. The second-order valence-electron chi connectivity index (χ2n) is 7.38. The molecule has 0 saturated carbocycles. The summed E-state index contributed by atoms with van der Waals surface area (Å²) in [6.45, 7) is 4.03. The molecule has 1 aliphatic heterocycles. The van der Waals surface area contributed by atoms with Crippen LogP contribution in [-0.4, -0.2) is 43.1 Å². The van der Waals surface area contributed by atoms with Gasteiger partial charge in [-0.3, -0.25) is 15.0 Å². The quantitative estimate of drug-likeness (QED) is 0.586. The van der Waals surface area contributed by atoms with Crippen LogP contribution < -0.4 is 5.32 Å². The highest BCUT2D eigenvalue weighted by atomic mass is 32.2. The lowest BCUT2D eigenvalue weighted by molar-refractivity contribution is -0.387. The highest BCUT2D eigenvalue weighted by molar-refractivity contribution is 7.90. The van der Waals surface area contributed by atoms with Crippen molar-refractivity contribution in [2.45, 2.75) is 43.3 Å². The van der Waals surface area contributed by atoms with Crippen LogP contribution in [0.3, 0.4) is 0 Å². The van der Waals surface area contributed by atoms with Crippen molar-refractivity contribution in [1.29, 1.82) is 0 Å².